The average molecular weight is 449 g/mol. The molecule has 3 rings (SSSR count). The van der Waals surface area contributed by atoms with Crippen molar-refractivity contribution in [1.82, 2.24) is 14.7 Å². The highest BCUT2D eigenvalue weighted by atomic mass is 19.2. The lowest BCUT2D eigenvalue weighted by atomic mass is 10.1. The molecular weight excluding hydrogens is 423 g/mol. The lowest BCUT2D eigenvalue weighted by Gasteiger charge is -2.35. The first-order valence-corrected chi connectivity index (χ1v) is 10.3. The number of halogens is 3. The van der Waals surface area contributed by atoms with Crippen LogP contribution in [0.2, 0.25) is 0 Å². The smallest absolute Gasteiger partial charge is 0.260 e. The van der Waals surface area contributed by atoms with Crippen LogP contribution >= 0.6 is 0 Å². The van der Waals surface area contributed by atoms with E-state index >= 15 is 0 Å². The Kier molecular flexibility index (Phi) is 7.74. The highest BCUT2D eigenvalue weighted by Crippen LogP contribution is 2.21. The molecule has 1 heterocycles. The minimum atomic E-state index is -0.945. The molecule has 1 aliphatic heterocycles. The first-order valence-electron chi connectivity index (χ1n) is 10.3. The predicted octanol–water partition coefficient (Wildman–Crippen LogP) is 2.85. The van der Waals surface area contributed by atoms with Crippen LogP contribution < -0.4 is 4.74 Å². The number of ether oxygens (including phenoxy) is 1. The number of piperazine rings is 1. The fourth-order valence-corrected chi connectivity index (χ4v) is 3.44. The van der Waals surface area contributed by atoms with Gasteiger partial charge in [-0.15, -0.1) is 0 Å². The van der Waals surface area contributed by atoms with Gasteiger partial charge in [-0.05, 0) is 48.9 Å². The summed E-state index contributed by atoms with van der Waals surface area (Å²) in [6.45, 7) is 3.76. The number of carbonyl (C=O) groups excluding carboxylic acids is 2. The number of carbonyl (C=O) groups is 2. The number of hydrogen-bond acceptors (Lipinski definition) is 4. The van der Waals surface area contributed by atoms with Gasteiger partial charge < -0.3 is 14.5 Å². The molecule has 6 nitrogen and oxygen atoms in total. The Balaban J connectivity index is 1.44. The second-order valence-electron chi connectivity index (χ2n) is 7.75. The molecule has 2 aromatic rings. The molecule has 0 N–H and O–H groups in total. The molecule has 1 aliphatic rings. The molecule has 9 heteroatoms. The van der Waals surface area contributed by atoms with Gasteiger partial charge in [-0.3, -0.25) is 14.5 Å². The summed E-state index contributed by atoms with van der Waals surface area (Å²) in [6.07, 6.45) is 0. The molecule has 172 valence electrons. The van der Waals surface area contributed by atoms with E-state index in [0.29, 0.717) is 37.5 Å². The highest BCUT2D eigenvalue weighted by Gasteiger charge is 2.25. The van der Waals surface area contributed by atoms with Crippen LogP contribution in [0.4, 0.5) is 13.2 Å². The van der Waals surface area contributed by atoms with E-state index in [1.807, 2.05) is 4.90 Å². The summed E-state index contributed by atoms with van der Waals surface area (Å²) in [5.74, 6) is -2.16. The molecular formula is C23H26F3N3O3. The van der Waals surface area contributed by atoms with Gasteiger partial charge >= 0.3 is 0 Å². The molecule has 32 heavy (non-hydrogen) atoms. The van der Waals surface area contributed by atoms with Gasteiger partial charge in [-0.25, -0.2) is 13.2 Å². The fraction of sp³-hybridized carbons (Fsp3) is 0.391. The summed E-state index contributed by atoms with van der Waals surface area (Å²) in [5.41, 5.74) is 0.510. The topological polar surface area (TPSA) is 53.1 Å². The van der Waals surface area contributed by atoms with Crippen molar-refractivity contribution in [2.45, 2.75) is 13.0 Å². The van der Waals surface area contributed by atoms with Crippen LogP contribution in [0.25, 0.3) is 0 Å². The van der Waals surface area contributed by atoms with Crippen molar-refractivity contribution in [3.8, 4) is 5.75 Å². The van der Waals surface area contributed by atoms with Crippen molar-refractivity contribution in [3.05, 3.63) is 65.5 Å². The van der Waals surface area contributed by atoms with E-state index < -0.39 is 17.7 Å². The van der Waals surface area contributed by atoms with Crippen molar-refractivity contribution in [3.63, 3.8) is 0 Å². The molecule has 2 aromatic carbocycles. The van der Waals surface area contributed by atoms with Crippen molar-refractivity contribution in [2.75, 3.05) is 46.4 Å². The molecule has 0 spiro atoms. The van der Waals surface area contributed by atoms with Crippen LogP contribution in [-0.2, 0) is 9.59 Å². The summed E-state index contributed by atoms with van der Waals surface area (Å²) in [6, 6.07) is 8.65. The summed E-state index contributed by atoms with van der Waals surface area (Å²) in [5, 5.41) is 0. The monoisotopic (exact) mass is 449 g/mol. The molecule has 1 fully saturated rings. The maximum absolute atomic E-state index is 13.5. The zero-order valence-electron chi connectivity index (χ0n) is 18.1. The van der Waals surface area contributed by atoms with E-state index in [2.05, 4.69) is 0 Å². The lowest BCUT2D eigenvalue weighted by molar-refractivity contribution is -0.136. The standard InChI is InChI=1S/C23H26F3N3O3/c1-16(17-3-8-20(25)21(26)13-17)27(2)22(30)14-28-9-11-29(12-10-28)23(31)15-32-19-6-4-18(24)5-7-19/h3-8,13,16H,9-12,14-15H2,1-2H3. The zero-order valence-corrected chi connectivity index (χ0v) is 18.1. The summed E-state index contributed by atoms with van der Waals surface area (Å²) in [7, 11) is 1.63. The van der Waals surface area contributed by atoms with E-state index in [-0.39, 0.29) is 30.8 Å². The molecule has 0 bridgehead atoms. The van der Waals surface area contributed by atoms with Crippen molar-refractivity contribution < 1.29 is 27.5 Å². The van der Waals surface area contributed by atoms with Crippen LogP contribution in [0.1, 0.15) is 18.5 Å². The average Bonchev–Trinajstić information content (AvgIpc) is 2.79. The second kappa shape index (κ2) is 10.5. The quantitative estimate of drug-likeness (QED) is 0.653. The summed E-state index contributed by atoms with van der Waals surface area (Å²) in [4.78, 5) is 30.1. The van der Waals surface area contributed by atoms with Crippen LogP contribution in [-0.4, -0.2) is 72.9 Å². The number of rotatable bonds is 7. The molecule has 0 aliphatic carbocycles. The Morgan fingerprint density at radius 2 is 1.66 bits per heavy atom. The van der Waals surface area contributed by atoms with E-state index in [4.69, 9.17) is 4.74 Å². The van der Waals surface area contributed by atoms with Gasteiger partial charge in [0.15, 0.2) is 18.2 Å². The van der Waals surface area contributed by atoms with Gasteiger partial charge in [0.25, 0.3) is 5.91 Å². The first-order chi connectivity index (χ1) is 15.2. The Morgan fingerprint density at radius 1 is 1.00 bits per heavy atom. The fourth-order valence-electron chi connectivity index (χ4n) is 3.44. The third-order valence-corrected chi connectivity index (χ3v) is 5.66. The SMILES string of the molecule is CC(c1ccc(F)c(F)c1)N(C)C(=O)CN1CCN(C(=O)COc2ccc(F)cc2)CC1. The number of hydrogen-bond donors (Lipinski definition) is 0. The number of nitrogens with zero attached hydrogens (tertiary/aromatic N) is 3. The van der Waals surface area contributed by atoms with Gasteiger partial charge in [-0.1, -0.05) is 6.07 Å². The normalized spacial score (nSPS) is 15.3. The Labute approximate surface area is 185 Å². The summed E-state index contributed by atoms with van der Waals surface area (Å²) >= 11 is 0. The van der Waals surface area contributed by atoms with Crippen molar-refractivity contribution >= 4 is 11.8 Å². The molecule has 1 atom stereocenters. The summed E-state index contributed by atoms with van der Waals surface area (Å²) < 4.78 is 45.0. The third-order valence-electron chi connectivity index (χ3n) is 5.66. The lowest BCUT2D eigenvalue weighted by Crippen LogP contribution is -2.52. The highest BCUT2D eigenvalue weighted by molar-refractivity contribution is 5.79. The Morgan fingerprint density at radius 3 is 2.28 bits per heavy atom. The van der Waals surface area contributed by atoms with E-state index in [9.17, 15) is 22.8 Å². The maximum Gasteiger partial charge on any atom is 0.260 e. The minimum absolute atomic E-state index is 0.140. The predicted molar refractivity (Wildman–Crippen MR) is 112 cm³/mol. The number of likely N-dealkylation sites (N-methyl/N-ethyl adjacent to an activating group) is 1. The third kappa shape index (κ3) is 6.00. The van der Waals surface area contributed by atoms with Gasteiger partial charge in [0.2, 0.25) is 5.91 Å². The van der Waals surface area contributed by atoms with Gasteiger partial charge in [0.1, 0.15) is 11.6 Å². The van der Waals surface area contributed by atoms with Crippen molar-refractivity contribution in [2.24, 2.45) is 0 Å². The van der Waals surface area contributed by atoms with Gasteiger partial charge in [0.05, 0.1) is 12.6 Å². The molecule has 0 radical (unpaired) electrons. The van der Waals surface area contributed by atoms with E-state index in [1.165, 1.54) is 35.2 Å². The Hall–Kier alpha value is -3.07. The van der Waals surface area contributed by atoms with Crippen LogP contribution in [0.15, 0.2) is 42.5 Å². The maximum atomic E-state index is 13.5. The number of benzene rings is 2. The van der Waals surface area contributed by atoms with E-state index in [0.717, 1.165) is 12.1 Å². The van der Waals surface area contributed by atoms with E-state index in [1.54, 1.807) is 18.9 Å². The first kappa shape index (κ1) is 23.6. The molecule has 2 amide bonds. The zero-order chi connectivity index (χ0) is 23.3. The van der Waals surface area contributed by atoms with Crippen LogP contribution in [0.5, 0.6) is 5.75 Å². The molecule has 1 saturated heterocycles. The number of amides is 2. The minimum Gasteiger partial charge on any atom is -0.484 e. The molecule has 0 saturated carbocycles. The van der Waals surface area contributed by atoms with Crippen molar-refractivity contribution in [1.29, 1.82) is 0 Å². The van der Waals surface area contributed by atoms with Gasteiger partial charge in [0, 0.05) is 33.2 Å². The van der Waals surface area contributed by atoms with Crippen LogP contribution in [0, 0.1) is 17.5 Å². The largest absolute Gasteiger partial charge is 0.484 e. The second-order valence-corrected chi connectivity index (χ2v) is 7.75. The molecule has 1 unspecified atom stereocenters. The van der Waals surface area contributed by atoms with Gasteiger partial charge in [-0.2, -0.15) is 0 Å². The van der Waals surface area contributed by atoms with Crippen LogP contribution in [0.3, 0.4) is 0 Å². The Bertz CT molecular complexity index is 947. The molecule has 0 aromatic heterocycles.